The first kappa shape index (κ1) is 15.2. The molecule has 0 bridgehead atoms. The van der Waals surface area contributed by atoms with Crippen LogP contribution in [0.3, 0.4) is 0 Å². The number of hydrogen-bond acceptors (Lipinski definition) is 3. The van der Waals surface area contributed by atoms with Gasteiger partial charge in [0.1, 0.15) is 17.6 Å². The second kappa shape index (κ2) is 6.04. The minimum atomic E-state index is 0.275. The van der Waals surface area contributed by atoms with Crippen LogP contribution in [0.1, 0.15) is 45.2 Å². The number of fused-ring (bicyclic) bond motifs is 1. The Bertz CT molecular complexity index is 468. The van der Waals surface area contributed by atoms with Gasteiger partial charge in [0.2, 0.25) is 0 Å². The summed E-state index contributed by atoms with van der Waals surface area (Å²) in [5.74, 6) is 1.98. The molecule has 0 saturated heterocycles. The van der Waals surface area contributed by atoms with Gasteiger partial charge in [0.25, 0.3) is 0 Å². The molecule has 0 aliphatic carbocycles. The topological polar surface area (TPSA) is 30.5 Å². The maximum atomic E-state index is 5.83. The molecule has 3 nitrogen and oxygen atoms in total. The molecule has 112 valence electrons. The van der Waals surface area contributed by atoms with Crippen molar-refractivity contribution in [2.75, 3.05) is 13.7 Å². The van der Waals surface area contributed by atoms with Crippen LogP contribution in [0.4, 0.5) is 0 Å². The second-order valence-electron chi connectivity index (χ2n) is 6.53. The zero-order chi connectivity index (χ0) is 14.8. The molecule has 1 heterocycles. The lowest BCUT2D eigenvalue weighted by atomic mass is 9.90. The zero-order valence-corrected chi connectivity index (χ0v) is 13.4. The van der Waals surface area contributed by atoms with E-state index < -0.39 is 0 Å². The largest absolute Gasteiger partial charge is 0.496 e. The van der Waals surface area contributed by atoms with Crippen LogP contribution in [-0.4, -0.2) is 19.8 Å². The average molecular weight is 277 g/mol. The molecule has 1 unspecified atom stereocenters. The Labute approximate surface area is 122 Å². The smallest absolute Gasteiger partial charge is 0.123 e. The summed E-state index contributed by atoms with van der Waals surface area (Å²) < 4.78 is 11.4. The number of rotatable bonds is 6. The lowest BCUT2D eigenvalue weighted by Crippen LogP contribution is -2.28. The Kier molecular flexibility index (Phi) is 4.59. The number of methoxy groups -OCH3 is 1. The van der Waals surface area contributed by atoms with E-state index in [0.717, 1.165) is 31.0 Å². The van der Waals surface area contributed by atoms with Crippen LogP contribution >= 0.6 is 0 Å². The van der Waals surface area contributed by atoms with Crippen LogP contribution < -0.4 is 14.8 Å². The fraction of sp³-hybridized carbons (Fsp3) is 0.647. The van der Waals surface area contributed by atoms with Crippen LogP contribution in [0.2, 0.25) is 0 Å². The van der Waals surface area contributed by atoms with Crippen molar-refractivity contribution in [3.63, 3.8) is 0 Å². The lowest BCUT2D eigenvalue weighted by molar-refractivity contribution is 0.254. The van der Waals surface area contributed by atoms with E-state index in [4.69, 9.17) is 9.47 Å². The molecule has 1 aliphatic rings. The predicted octanol–water partition coefficient (Wildman–Crippen LogP) is 3.54. The van der Waals surface area contributed by atoms with Crippen LogP contribution in [-0.2, 0) is 13.0 Å². The molecule has 0 fully saturated rings. The van der Waals surface area contributed by atoms with Crippen molar-refractivity contribution in [1.82, 2.24) is 5.32 Å². The molecule has 1 aromatic carbocycles. The highest BCUT2D eigenvalue weighted by Gasteiger charge is 2.22. The van der Waals surface area contributed by atoms with Crippen LogP contribution in [0.25, 0.3) is 0 Å². The third kappa shape index (κ3) is 3.45. The summed E-state index contributed by atoms with van der Waals surface area (Å²) in [7, 11) is 1.74. The number of hydrogen-bond donors (Lipinski definition) is 1. The third-order valence-electron chi connectivity index (χ3n) is 4.18. The quantitative estimate of drug-likeness (QED) is 0.862. The van der Waals surface area contributed by atoms with E-state index in [0.29, 0.717) is 5.41 Å². The van der Waals surface area contributed by atoms with E-state index in [1.165, 1.54) is 17.5 Å². The molecular weight excluding hydrogens is 250 g/mol. The maximum Gasteiger partial charge on any atom is 0.123 e. The van der Waals surface area contributed by atoms with Crippen molar-refractivity contribution in [3.8, 4) is 11.5 Å². The molecule has 1 atom stereocenters. The van der Waals surface area contributed by atoms with Crippen molar-refractivity contribution in [1.29, 1.82) is 0 Å². The van der Waals surface area contributed by atoms with E-state index in [-0.39, 0.29) is 6.10 Å². The van der Waals surface area contributed by atoms with Gasteiger partial charge in [-0.05, 0) is 30.9 Å². The van der Waals surface area contributed by atoms with Gasteiger partial charge in [-0.25, -0.2) is 0 Å². The van der Waals surface area contributed by atoms with Gasteiger partial charge in [0.15, 0.2) is 0 Å². The average Bonchev–Trinajstić information content (AvgIpc) is 2.76. The Hall–Kier alpha value is -1.22. The molecule has 0 amide bonds. The summed E-state index contributed by atoms with van der Waals surface area (Å²) in [6, 6.07) is 4.25. The Morgan fingerprint density at radius 3 is 2.80 bits per heavy atom. The summed E-state index contributed by atoms with van der Waals surface area (Å²) in [5, 5.41) is 3.53. The highest BCUT2D eigenvalue weighted by atomic mass is 16.5. The molecule has 0 saturated carbocycles. The minimum Gasteiger partial charge on any atom is -0.496 e. The molecule has 1 aliphatic heterocycles. The van der Waals surface area contributed by atoms with Gasteiger partial charge in [-0.3, -0.25) is 0 Å². The third-order valence-corrected chi connectivity index (χ3v) is 4.18. The van der Waals surface area contributed by atoms with Gasteiger partial charge in [0, 0.05) is 30.6 Å². The van der Waals surface area contributed by atoms with Gasteiger partial charge in [-0.15, -0.1) is 0 Å². The molecule has 0 aromatic heterocycles. The summed E-state index contributed by atoms with van der Waals surface area (Å²) in [6.45, 7) is 10.7. The molecule has 0 radical (unpaired) electrons. The number of ether oxygens (including phenoxy) is 2. The molecule has 1 aromatic rings. The molecule has 1 N–H and O–H groups in total. The van der Waals surface area contributed by atoms with Crippen LogP contribution in [0, 0.1) is 5.41 Å². The standard InChI is InChI=1S/C17H27NO2/c1-6-17(3,4)11-18-10-14-9-16-13(7-12(2)20-16)8-15(14)19-5/h8-9,12,18H,6-7,10-11H2,1-5H3. The van der Waals surface area contributed by atoms with Crippen molar-refractivity contribution in [3.05, 3.63) is 23.3 Å². The minimum absolute atomic E-state index is 0.275. The Balaban J connectivity index is 2.06. The molecule has 2 rings (SSSR count). The molecule has 20 heavy (non-hydrogen) atoms. The van der Waals surface area contributed by atoms with Gasteiger partial charge < -0.3 is 14.8 Å². The maximum absolute atomic E-state index is 5.83. The normalized spacial score (nSPS) is 17.8. The van der Waals surface area contributed by atoms with E-state index in [9.17, 15) is 0 Å². The van der Waals surface area contributed by atoms with Crippen molar-refractivity contribution in [2.45, 2.75) is 53.2 Å². The SMILES string of the molecule is CCC(C)(C)CNCc1cc2c(cc1OC)CC(C)O2. The van der Waals surface area contributed by atoms with Gasteiger partial charge in [-0.1, -0.05) is 20.8 Å². The first-order valence-electron chi connectivity index (χ1n) is 7.52. The Morgan fingerprint density at radius 1 is 1.40 bits per heavy atom. The van der Waals surface area contributed by atoms with E-state index in [2.05, 4.69) is 45.1 Å². The highest BCUT2D eigenvalue weighted by molar-refractivity contribution is 5.48. The van der Waals surface area contributed by atoms with E-state index in [1.54, 1.807) is 7.11 Å². The fourth-order valence-corrected chi connectivity index (χ4v) is 2.47. The van der Waals surface area contributed by atoms with Crippen LogP contribution in [0.5, 0.6) is 11.5 Å². The fourth-order valence-electron chi connectivity index (χ4n) is 2.47. The molecule has 0 spiro atoms. The molecule has 3 heteroatoms. The van der Waals surface area contributed by atoms with Gasteiger partial charge in [0.05, 0.1) is 7.11 Å². The zero-order valence-electron chi connectivity index (χ0n) is 13.4. The number of nitrogens with one attached hydrogen (secondary N) is 1. The summed E-state index contributed by atoms with van der Waals surface area (Å²) in [4.78, 5) is 0. The predicted molar refractivity (Wildman–Crippen MR) is 82.6 cm³/mol. The monoisotopic (exact) mass is 277 g/mol. The lowest BCUT2D eigenvalue weighted by Gasteiger charge is -2.23. The van der Waals surface area contributed by atoms with E-state index in [1.807, 2.05) is 0 Å². The highest BCUT2D eigenvalue weighted by Crippen LogP contribution is 2.35. The number of benzene rings is 1. The summed E-state index contributed by atoms with van der Waals surface area (Å²) >= 11 is 0. The Morgan fingerprint density at radius 2 is 2.15 bits per heavy atom. The van der Waals surface area contributed by atoms with Crippen LogP contribution in [0.15, 0.2) is 12.1 Å². The first-order valence-corrected chi connectivity index (χ1v) is 7.52. The summed E-state index contributed by atoms with van der Waals surface area (Å²) in [6.07, 6.45) is 2.42. The van der Waals surface area contributed by atoms with Crippen molar-refractivity contribution < 1.29 is 9.47 Å². The summed E-state index contributed by atoms with van der Waals surface area (Å²) in [5.41, 5.74) is 2.76. The van der Waals surface area contributed by atoms with E-state index >= 15 is 0 Å². The van der Waals surface area contributed by atoms with Gasteiger partial charge >= 0.3 is 0 Å². The van der Waals surface area contributed by atoms with Crippen molar-refractivity contribution in [2.24, 2.45) is 5.41 Å². The second-order valence-corrected chi connectivity index (χ2v) is 6.53. The van der Waals surface area contributed by atoms with Gasteiger partial charge in [-0.2, -0.15) is 0 Å². The molecular formula is C17H27NO2. The first-order chi connectivity index (χ1) is 9.45. The van der Waals surface area contributed by atoms with Crippen molar-refractivity contribution >= 4 is 0 Å².